The molecule has 0 amide bonds. The maximum Gasteiger partial charge on any atom is 0.0933 e. The first-order chi connectivity index (χ1) is 10.2. The van der Waals surface area contributed by atoms with Crippen LogP contribution in [0, 0.1) is 5.41 Å². The summed E-state index contributed by atoms with van der Waals surface area (Å²) in [5.74, 6) is 0. The first-order valence-corrected chi connectivity index (χ1v) is 8.44. The number of nitrogens with zero attached hydrogens (tertiary/aromatic N) is 1. The second-order valence-corrected chi connectivity index (χ2v) is 6.75. The van der Waals surface area contributed by atoms with Gasteiger partial charge in [-0.15, -0.1) is 0 Å². The number of aliphatic hydroxyl groups is 1. The maximum atomic E-state index is 9.35. The van der Waals surface area contributed by atoms with E-state index in [2.05, 4.69) is 24.1 Å². The van der Waals surface area contributed by atoms with Crippen LogP contribution in [0.5, 0.6) is 0 Å². The lowest BCUT2D eigenvalue weighted by Gasteiger charge is -2.45. The van der Waals surface area contributed by atoms with Gasteiger partial charge in [0, 0.05) is 37.7 Å². The first-order valence-electron chi connectivity index (χ1n) is 8.44. The number of ether oxygens (including phenoxy) is 2. The number of morpholine rings is 1. The molecule has 2 aliphatic heterocycles. The van der Waals surface area contributed by atoms with Gasteiger partial charge in [-0.3, -0.25) is 4.90 Å². The Morgan fingerprint density at radius 1 is 1.43 bits per heavy atom. The van der Waals surface area contributed by atoms with Crippen molar-refractivity contribution >= 4 is 0 Å². The summed E-state index contributed by atoms with van der Waals surface area (Å²) in [6.07, 6.45) is 3.50. The Balaban J connectivity index is 1.95. The number of aliphatic hydroxyl groups excluding tert-OH is 1. The Labute approximate surface area is 129 Å². The highest BCUT2D eigenvalue weighted by Crippen LogP contribution is 2.30. The normalized spacial score (nSPS) is 35.0. The first kappa shape index (κ1) is 17.2. The molecule has 2 heterocycles. The summed E-state index contributed by atoms with van der Waals surface area (Å²) < 4.78 is 11.5. The van der Waals surface area contributed by atoms with Crippen LogP contribution >= 0.6 is 0 Å². The van der Waals surface area contributed by atoms with Gasteiger partial charge in [-0.1, -0.05) is 6.92 Å². The summed E-state index contributed by atoms with van der Waals surface area (Å²) in [6, 6.07) is 0.415. The average molecular weight is 300 g/mol. The van der Waals surface area contributed by atoms with Crippen molar-refractivity contribution in [1.82, 2.24) is 10.2 Å². The van der Waals surface area contributed by atoms with Crippen molar-refractivity contribution in [1.29, 1.82) is 0 Å². The second kappa shape index (κ2) is 8.44. The Kier molecular flexibility index (Phi) is 6.89. The molecule has 2 saturated heterocycles. The number of hydrogen-bond donors (Lipinski definition) is 2. The zero-order valence-corrected chi connectivity index (χ0v) is 13.6. The van der Waals surface area contributed by atoms with Gasteiger partial charge >= 0.3 is 0 Å². The fraction of sp³-hybridized carbons (Fsp3) is 1.00. The van der Waals surface area contributed by atoms with E-state index in [0.717, 1.165) is 52.2 Å². The van der Waals surface area contributed by atoms with Crippen LogP contribution in [-0.2, 0) is 9.47 Å². The molecule has 0 aromatic carbocycles. The summed E-state index contributed by atoms with van der Waals surface area (Å²) in [7, 11) is 0. The number of nitrogens with one attached hydrogen (secondary N) is 1. The quantitative estimate of drug-likeness (QED) is 0.683. The Bertz CT molecular complexity index is 295. The van der Waals surface area contributed by atoms with Crippen molar-refractivity contribution in [2.45, 2.75) is 45.3 Å². The van der Waals surface area contributed by atoms with Gasteiger partial charge in [0.05, 0.1) is 25.9 Å². The molecular formula is C16H32N2O3. The molecule has 2 N–H and O–H groups in total. The van der Waals surface area contributed by atoms with Crippen LogP contribution in [0.15, 0.2) is 0 Å². The Morgan fingerprint density at radius 2 is 2.29 bits per heavy atom. The fourth-order valence-electron chi connectivity index (χ4n) is 3.40. The highest BCUT2D eigenvalue weighted by atomic mass is 16.5. The molecule has 2 fully saturated rings. The number of rotatable bonds is 7. The predicted octanol–water partition coefficient (Wildman–Crippen LogP) is 0.864. The molecule has 0 saturated carbocycles. The standard InChI is InChI=1S/C16H32N2O3/c1-3-6-17-11-16(5-4-7-20-13-16)12-18-8-15(9-19)21-10-14(18)2/h14-15,17,19H,3-13H2,1-2H3. The Morgan fingerprint density at radius 3 is 2.95 bits per heavy atom. The van der Waals surface area contributed by atoms with Gasteiger partial charge in [0.15, 0.2) is 0 Å². The minimum atomic E-state index is -0.0358. The van der Waals surface area contributed by atoms with Crippen LogP contribution in [0.3, 0.4) is 0 Å². The van der Waals surface area contributed by atoms with E-state index in [0.29, 0.717) is 12.6 Å². The van der Waals surface area contributed by atoms with Gasteiger partial charge in [-0.2, -0.15) is 0 Å². The van der Waals surface area contributed by atoms with Crippen molar-refractivity contribution < 1.29 is 14.6 Å². The highest BCUT2D eigenvalue weighted by molar-refractivity contribution is 4.90. The Hall–Kier alpha value is -0.200. The molecule has 0 radical (unpaired) electrons. The van der Waals surface area contributed by atoms with Gasteiger partial charge in [-0.25, -0.2) is 0 Å². The van der Waals surface area contributed by atoms with Gasteiger partial charge in [-0.05, 0) is 32.7 Å². The molecule has 0 spiro atoms. The van der Waals surface area contributed by atoms with Crippen molar-refractivity contribution in [3.05, 3.63) is 0 Å². The van der Waals surface area contributed by atoms with Gasteiger partial charge < -0.3 is 19.9 Å². The number of hydrogen-bond acceptors (Lipinski definition) is 5. The second-order valence-electron chi connectivity index (χ2n) is 6.75. The largest absolute Gasteiger partial charge is 0.394 e. The lowest BCUT2D eigenvalue weighted by molar-refractivity contribution is -0.102. The molecular weight excluding hydrogens is 268 g/mol. The molecule has 124 valence electrons. The SMILES string of the molecule is CCCNCC1(CN2CC(CO)OCC2C)CCCOC1. The van der Waals surface area contributed by atoms with Crippen LogP contribution in [0.4, 0.5) is 0 Å². The van der Waals surface area contributed by atoms with Crippen LogP contribution < -0.4 is 5.32 Å². The van der Waals surface area contributed by atoms with E-state index in [-0.39, 0.29) is 18.1 Å². The zero-order chi connectivity index (χ0) is 15.1. The van der Waals surface area contributed by atoms with Gasteiger partial charge in [0.25, 0.3) is 0 Å². The average Bonchev–Trinajstić information content (AvgIpc) is 2.51. The third kappa shape index (κ3) is 4.89. The lowest BCUT2D eigenvalue weighted by Crippen LogP contribution is -2.56. The van der Waals surface area contributed by atoms with E-state index in [1.807, 2.05) is 0 Å². The van der Waals surface area contributed by atoms with E-state index in [1.54, 1.807) is 0 Å². The van der Waals surface area contributed by atoms with Crippen molar-refractivity contribution in [2.24, 2.45) is 5.41 Å². The van der Waals surface area contributed by atoms with Crippen molar-refractivity contribution in [2.75, 3.05) is 52.6 Å². The minimum absolute atomic E-state index is 0.0358. The van der Waals surface area contributed by atoms with E-state index >= 15 is 0 Å². The zero-order valence-electron chi connectivity index (χ0n) is 13.6. The van der Waals surface area contributed by atoms with Gasteiger partial charge in [0.2, 0.25) is 0 Å². The molecule has 0 aromatic heterocycles. The molecule has 0 aromatic rings. The maximum absolute atomic E-state index is 9.35. The van der Waals surface area contributed by atoms with Crippen LogP contribution in [0.1, 0.15) is 33.1 Å². The molecule has 5 nitrogen and oxygen atoms in total. The monoisotopic (exact) mass is 300 g/mol. The predicted molar refractivity (Wildman–Crippen MR) is 83.5 cm³/mol. The summed E-state index contributed by atoms with van der Waals surface area (Å²) in [6.45, 7) is 10.9. The van der Waals surface area contributed by atoms with Gasteiger partial charge in [0.1, 0.15) is 0 Å². The van der Waals surface area contributed by atoms with Crippen molar-refractivity contribution in [3.63, 3.8) is 0 Å². The van der Waals surface area contributed by atoms with E-state index < -0.39 is 0 Å². The molecule has 2 rings (SSSR count). The topological polar surface area (TPSA) is 54.0 Å². The van der Waals surface area contributed by atoms with E-state index in [4.69, 9.17) is 9.47 Å². The minimum Gasteiger partial charge on any atom is -0.394 e. The highest BCUT2D eigenvalue weighted by Gasteiger charge is 2.37. The molecule has 0 bridgehead atoms. The van der Waals surface area contributed by atoms with E-state index in [9.17, 15) is 5.11 Å². The summed E-state index contributed by atoms with van der Waals surface area (Å²) >= 11 is 0. The third-order valence-corrected chi connectivity index (χ3v) is 4.71. The van der Waals surface area contributed by atoms with E-state index in [1.165, 1.54) is 6.42 Å². The molecule has 3 atom stereocenters. The molecule has 0 aliphatic carbocycles. The third-order valence-electron chi connectivity index (χ3n) is 4.71. The molecule has 2 aliphatic rings. The van der Waals surface area contributed by atoms with Crippen LogP contribution in [-0.4, -0.2) is 74.8 Å². The van der Waals surface area contributed by atoms with Crippen LogP contribution in [0.25, 0.3) is 0 Å². The molecule has 3 unspecified atom stereocenters. The molecule has 5 heteroatoms. The van der Waals surface area contributed by atoms with Crippen LogP contribution in [0.2, 0.25) is 0 Å². The summed E-state index contributed by atoms with van der Waals surface area (Å²) in [4.78, 5) is 2.48. The lowest BCUT2D eigenvalue weighted by atomic mass is 9.81. The fourth-order valence-corrected chi connectivity index (χ4v) is 3.40. The summed E-state index contributed by atoms with van der Waals surface area (Å²) in [5.41, 5.74) is 0.207. The molecule has 21 heavy (non-hydrogen) atoms. The summed E-state index contributed by atoms with van der Waals surface area (Å²) in [5, 5.41) is 12.9. The van der Waals surface area contributed by atoms with Crippen molar-refractivity contribution in [3.8, 4) is 0 Å². The smallest absolute Gasteiger partial charge is 0.0933 e.